The van der Waals surface area contributed by atoms with Crippen LogP contribution in [-0.2, 0) is 0 Å². The van der Waals surface area contributed by atoms with E-state index in [0.717, 1.165) is 66.3 Å². The van der Waals surface area contributed by atoms with Gasteiger partial charge in [-0.25, -0.2) is 15.0 Å². The van der Waals surface area contributed by atoms with Crippen LogP contribution in [0.25, 0.3) is 131 Å². The number of nitrogens with zero attached hydrogens (tertiary/aromatic N) is 5. The minimum atomic E-state index is 0.613. The number of aromatic nitrogens is 5. The largest absolute Gasteiger partial charge is 0.309 e. The summed E-state index contributed by atoms with van der Waals surface area (Å²) in [4.78, 5) is 16.5. The highest BCUT2D eigenvalue weighted by atomic mass is 32.1. The first-order valence-electron chi connectivity index (χ1n) is 21.9. The molecule has 6 heteroatoms. The van der Waals surface area contributed by atoms with Gasteiger partial charge in [-0.2, -0.15) is 0 Å². The van der Waals surface area contributed by atoms with Gasteiger partial charge in [-0.1, -0.05) is 152 Å². The number of hydrogen-bond donors (Lipinski definition) is 0. The van der Waals surface area contributed by atoms with E-state index in [-0.39, 0.29) is 0 Å². The molecule has 0 fully saturated rings. The second-order valence-electron chi connectivity index (χ2n) is 16.8. The average molecular weight is 846 g/mol. The van der Waals surface area contributed by atoms with E-state index in [9.17, 15) is 0 Å². The highest BCUT2D eigenvalue weighted by molar-refractivity contribution is 7.26. The lowest BCUT2D eigenvalue weighted by Crippen LogP contribution is -2.03. The van der Waals surface area contributed by atoms with E-state index in [1.807, 2.05) is 11.3 Å². The summed E-state index contributed by atoms with van der Waals surface area (Å²) in [6.07, 6.45) is 0. The Balaban J connectivity index is 1.10. The van der Waals surface area contributed by atoms with Crippen molar-refractivity contribution in [2.24, 2.45) is 0 Å². The third-order valence-corrected chi connectivity index (χ3v) is 14.3. The maximum atomic E-state index is 5.55. The van der Waals surface area contributed by atoms with Crippen LogP contribution in [0.1, 0.15) is 0 Å². The van der Waals surface area contributed by atoms with E-state index in [4.69, 9.17) is 15.0 Å². The molecule has 4 aromatic heterocycles. The van der Waals surface area contributed by atoms with Crippen molar-refractivity contribution in [3.05, 3.63) is 212 Å². The first-order valence-corrected chi connectivity index (χ1v) is 22.8. The smallest absolute Gasteiger partial charge is 0.166 e. The summed E-state index contributed by atoms with van der Waals surface area (Å²) in [5.74, 6) is 1.85. The topological polar surface area (TPSA) is 48.5 Å². The van der Waals surface area contributed by atoms with Crippen LogP contribution in [0.4, 0.5) is 0 Å². The molecule has 0 unspecified atom stereocenters. The van der Waals surface area contributed by atoms with E-state index >= 15 is 0 Å². The predicted octanol–water partition coefficient (Wildman–Crippen LogP) is 15.7. The van der Waals surface area contributed by atoms with Crippen LogP contribution in [0.5, 0.6) is 0 Å². The molecule has 0 aliphatic carbocycles. The second-order valence-corrected chi connectivity index (χ2v) is 17.8. The summed E-state index contributed by atoms with van der Waals surface area (Å²) in [5.41, 5.74) is 9.49. The normalized spacial score (nSPS) is 12.0. The fourth-order valence-corrected chi connectivity index (χ4v) is 11.4. The van der Waals surface area contributed by atoms with Gasteiger partial charge in [-0.05, 0) is 82.2 Å². The zero-order chi connectivity index (χ0) is 42.6. The summed E-state index contributed by atoms with van der Waals surface area (Å²) in [7, 11) is 0. The first kappa shape index (κ1) is 36.1. The molecule has 0 saturated carbocycles. The average Bonchev–Trinajstić information content (AvgIpc) is 4.03. The SMILES string of the molecule is c1ccc(-n2c3ccccc3c3cccc(-c4nc(-c5cc(-n6c7ccccc7c7cc8ccccc8cc76)c6sc7ccccc7c6c5)nc(-c5cccc6ccccc56)n4)c32)cc1. The van der Waals surface area contributed by atoms with E-state index in [2.05, 4.69) is 221 Å². The quantitative estimate of drug-likeness (QED) is 0.173. The van der Waals surface area contributed by atoms with Gasteiger partial charge in [0.25, 0.3) is 0 Å². The number of fused-ring (bicyclic) bond motifs is 11. The minimum Gasteiger partial charge on any atom is -0.309 e. The van der Waals surface area contributed by atoms with Crippen molar-refractivity contribution in [2.75, 3.05) is 0 Å². The van der Waals surface area contributed by atoms with Gasteiger partial charge in [0.05, 0.1) is 32.5 Å². The molecule has 4 heterocycles. The van der Waals surface area contributed by atoms with E-state index in [0.29, 0.717) is 17.5 Å². The fraction of sp³-hybridized carbons (Fsp3) is 0. The summed E-state index contributed by atoms with van der Waals surface area (Å²) in [6, 6.07) is 76.1. The molecule has 65 heavy (non-hydrogen) atoms. The van der Waals surface area contributed by atoms with Gasteiger partial charge in [0.15, 0.2) is 17.5 Å². The number of hydrogen-bond acceptors (Lipinski definition) is 4. The second kappa shape index (κ2) is 14.0. The summed E-state index contributed by atoms with van der Waals surface area (Å²) >= 11 is 1.84. The Morgan fingerprint density at radius 1 is 0.338 bits per heavy atom. The van der Waals surface area contributed by atoms with Gasteiger partial charge in [0.2, 0.25) is 0 Å². The monoisotopic (exact) mass is 845 g/mol. The van der Waals surface area contributed by atoms with Crippen molar-refractivity contribution in [1.82, 2.24) is 24.1 Å². The highest BCUT2D eigenvalue weighted by Crippen LogP contribution is 2.45. The zero-order valence-corrected chi connectivity index (χ0v) is 35.7. The van der Waals surface area contributed by atoms with Gasteiger partial charge in [-0.15, -0.1) is 11.3 Å². The summed E-state index contributed by atoms with van der Waals surface area (Å²) < 4.78 is 7.27. The standard InChI is InChI=1S/C59H35N5S/c1-2-20-40(21-3-1)63-50-29-11-8-23-42(50)45-26-15-28-47(55(45)63)59-61-57(60-58(62-59)46-27-14-19-36-16-6-7-22-41(36)46)39-33-49-44-25-10-13-31-54(44)65-56(49)53(35-39)64-51-30-12-9-24-43(51)48-32-37-17-4-5-18-38(37)34-52(48)64/h1-35H. The Hall–Kier alpha value is -8.45. The summed E-state index contributed by atoms with van der Waals surface area (Å²) in [5, 5.41) is 11.8. The van der Waals surface area contributed by atoms with Gasteiger partial charge >= 0.3 is 0 Å². The third-order valence-electron chi connectivity index (χ3n) is 13.1. The molecule has 0 N–H and O–H groups in total. The van der Waals surface area contributed by atoms with Crippen molar-refractivity contribution >= 4 is 96.7 Å². The Morgan fingerprint density at radius 3 is 1.72 bits per heavy atom. The molecule has 14 aromatic rings. The molecule has 0 bridgehead atoms. The number of rotatable bonds is 5. The molecule has 10 aromatic carbocycles. The van der Waals surface area contributed by atoms with Gasteiger partial charge in [-0.3, -0.25) is 0 Å². The lowest BCUT2D eigenvalue weighted by molar-refractivity contribution is 1.07. The summed E-state index contributed by atoms with van der Waals surface area (Å²) in [6.45, 7) is 0. The molecule has 0 aliphatic heterocycles. The van der Waals surface area contributed by atoms with Crippen LogP contribution in [0.3, 0.4) is 0 Å². The zero-order valence-electron chi connectivity index (χ0n) is 34.9. The molecule has 0 atom stereocenters. The maximum Gasteiger partial charge on any atom is 0.166 e. The Bertz CT molecular complexity index is 4250. The first-order chi connectivity index (χ1) is 32.2. The Morgan fingerprint density at radius 2 is 0.908 bits per heavy atom. The molecule has 5 nitrogen and oxygen atoms in total. The van der Waals surface area contributed by atoms with Crippen LogP contribution >= 0.6 is 11.3 Å². The van der Waals surface area contributed by atoms with Crippen LogP contribution in [0.15, 0.2) is 212 Å². The van der Waals surface area contributed by atoms with Gasteiger partial charge in [0.1, 0.15) is 0 Å². The van der Waals surface area contributed by atoms with Crippen molar-refractivity contribution in [3.8, 4) is 45.5 Å². The van der Waals surface area contributed by atoms with Crippen molar-refractivity contribution in [1.29, 1.82) is 0 Å². The van der Waals surface area contributed by atoms with Crippen molar-refractivity contribution in [3.63, 3.8) is 0 Å². The highest BCUT2D eigenvalue weighted by Gasteiger charge is 2.23. The molecule has 0 saturated heterocycles. The lowest BCUT2D eigenvalue weighted by atomic mass is 10.0. The van der Waals surface area contributed by atoms with E-state index in [1.54, 1.807) is 0 Å². The van der Waals surface area contributed by atoms with E-state index < -0.39 is 0 Å². The molecule has 0 radical (unpaired) electrons. The van der Waals surface area contributed by atoms with Crippen LogP contribution in [0.2, 0.25) is 0 Å². The third kappa shape index (κ3) is 5.48. The Labute approximate surface area is 376 Å². The van der Waals surface area contributed by atoms with Crippen LogP contribution in [-0.4, -0.2) is 24.1 Å². The van der Waals surface area contributed by atoms with Crippen molar-refractivity contribution < 1.29 is 0 Å². The fourth-order valence-electron chi connectivity index (χ4n) is 10.2. The Kier molecular flexibility index (Phi) is 7.79. The van der Waals surface area contributed by atoms with Crippen LogP contribution in [0, 0.1) is 0 Å². The molecule has 0 aliphatic rings. The molecular weight excluding hydrogens is 811 g/mol. The van der Waals surface area contributed by atoms with Gasteiger partial charge in [0, 0.05) is 59.4 Å². The number of para-hydroxylation sites is 4. The van der Waals surface area contributed by atoms with Crippen molar-refractivity contribution in [2.45, 2.75) is 0 Å². The maximum absolute atomic E-state index is 5.55. The predicted molar refractivity (Wildman–Crippen MR) is 273 cm³/mol. The number of benzene rings is 10. The number of thiophene rings is 1. The molecule has 0 spiro atoms. The van der Waals surface area contributed by atoms with Gasteiger partial charge < -0.3 is 9.13 Å². The van der Waals surface area contributed by atoms with Crippen LogP contribution < -0.4 is 0 Å². The molecular formula is C59H35N5S. The minimum absolute atomic E-state index is 0.613. The molecule has 302 valence electrons. The lowest BCUT2D eigenvalue weighted by Gasteiger charge is -2.15. The van der Waals surface area contributed by atoms with E-state index in [1.165, 1.54) is 47.1 Å². The molecule has 0 amide bonds. The molecule has 14 rings (SSSR count).